The number of fused-ring (bicyclic) bond motifs is 1. The van der Waals surface area contributed by atoms with Crippen molar-refractivity contribution in [3.8, 4) is 0 Å². The van der Waals surface area contributed by atoms with Crippen LogP contribution in [0, 0.1) is 5.82 Å². The van der Waals surface area contributed by atoms with Gasteiger partial charge in [0.1, 0.15) is 17.2 Å². The predicted molar refractivity (Wildman–Crippen MR) is 69.2 cm³/mol. The molecule has 2 heterocycles. The van der Waals surface area contributed by atoms with Crippen LogP contribution in [0.25, 0.3) is 10.9 Å². The summed E-state index contributed by atoms with van der Waals surface area (Å²) in [6.45, 7) is 1.60. The number of thioether (sulfide) groups is 1. The monoisotopic (exact) mass is 264 g/mol. The van der Waals surface area contributed by atoms with Gasteiger partial charge in [0.2, 0.25) is 0 Å². The van der Waals surface area contributed by atoms with Crippen molar-refractivity contribution in [3.63, 3.8) is 0 Å². The minimum absolute atomic E-state index is 0.244. The molecule has 94 valence electrons. The highest BCUT2D eigenvalue weighted by atomic mass is 32.2. The van der Waals surface area contributed by atoms with Crippen LogP contribution in [0.2, 0.25) is 0 Å². The first kappa shape index (κ1) is 11.9. The number of aromatic nitrogens is 2. The Balaban J connectivity index is 1.92. The van der Waals surface area contributed by atoms with Gasteiger partial charge in [-0.25, -0.2) is 14.4 Å². The van der Waals surface area contributed by atoms with E-state index in [4.69, 9.17) is 4.74 Å². The second-order valence-corrected chi connectivity index (χ2v) is 5.56. The molecule has 18 heavy (non-hydrogen) atoms. The second kappa shape index (κ2) is 5.20. The zero-order valence-corrected chi connectivity index (χ0v) is 10.6. The van der Waals surface area contributed by atoms with Crippen molar-refractivity contribution in [2.75, 3.05) is 13.2 Å². The van der Waals surface area contributed by atoms with E-state index < -0.39 is 0 Å². The molecule has 1 fully saturated rings. The predicted octanol–water partition coefficient (Wildman–Crippen LogP) is 3.04. The number of rotatable bonds is 2. The summed E-state index contributed by atoms with van der Waals surface area (Å²) in [6, 6.07) is 4.63. The standard InChI is InChI=1S/C13H13FN2OS/c14-9-1-2-12-11(7-9)13(16-8-15-12)18-10-3-5-17-6-4-10/h1-2,7-8,10H,3-6H2. The summed E-state index contributed by atoms with van der Waals surface area (Å²) < 4.78 is 18.6. The number of hydrogen-bond acceptors (Lipinski definition) is 4. The summed E-state index contributed by atoms with van der Waals surface area (Å²) in [4.78, 5) is 8.45. The van der Waals surface area contributed by atoms with Gasteiger partial charge in [0, 0.05) is 23.8 Å². The summed E-state index contributed by atoms with van der Waals surface area (Å²) in [6.07, 6.45) is 3.58. The van der Waals surface area contributed by atoms with Crippen LogP contribution >= 0.6 is 11.8 Å². The van der Waals surface area contributed by atoms with E-state index in [1.54, 1.807) is 24.2 Å². The topological polar surface area (TPSA) is 35.0 Å². The third kappa shape index (κ3) is 2.47. The Morgan fingerprint density at radius 3 is 2.89 bits per heavy atom. The molecule has 0 amide bonds. The molecule has 0 atom stereocenters. The highest BCUT2D eigenvalue weighted by Gasteiger charge is 2.17. The molecular formula is C13H13FN2OS. The first-order valence-corrected chi connectivity index (χ1v) is 6.85. The van der Waals surface area contributed by atoms with Crippen LogP contribution < -0.4 is 0 Å². The lowest BCUT2D eigenvalue weighted by atomic mass is 10.2. The average Bonchev–Trinajstić information content (AvgIpc) is 2.41. The maximum absolute atomic E-state index is 13.3. The van der Waals surface area contributed by atoms with Crippen LogP contribution in [-0.4, -0.2) is 28.4 Å². The first-order valence-electron chi connectivity index (χ1n) is 5.97. The Morgan fingerprint density at radius 2 is 2.06 bits per heavy atom. The van der Waals surface area contributed by atoms with Crippen LogP contribution in [-0.2, 0) is 4.74 Å². The molecule has 0 N–H and O–H groups in total. The maximum Gasteiger partial charge on any atom is 0.124 e. The van der Waals surface area contributed by atoms with Gasteiger partial charge in [0.05, 0.1) is 5.52 Å². The van der Waals surface area contributed by atoms with E-state index in [-0.39, 0.29) is 5.82 Å². The highest BCUT2D eigenvalue weighted by molar-refractivity contribution is 8.00. The summed E-state index contributed by atoms with van der Waals surface area (Å²) in [7, 11) is 0. The summed E-state index contributed by atoms with van der Waals surface area (Å²) in [5, 5.41) is 2.17. The zero-order valence-electron chi connectivity index (χ0n) is 9.80. The van der Waals surface area contributed by atoms with Gasteiger partial charge in [-0.15, -0.1) is 11.8 Å². The summed E-state index contributed by atoms with van der Waals surface area (Å²) in [5.74, 6) is -0.244. The van der Waals surface area contributed by atoms with E-state index in [9.17, 15) is 4.39 Å². The molecule has 0 spiro atoms. The summed E-state index contributed by atoms with van der Waals surface area (Å²) >= 11 is 1.70. The second-order valence-electron chi connectivity index (χ2n) is 4.27. The van der Waals surface area contributed by atoms with Crippen molar-refractivity contribution in [1.29, 1.82) is 0 Å². The molecule has 3 rings (SSSR count). The quantitative estimate of drug-likeness (QED) is 0.781. The molecule has 0 bridgehead atoms. The molecule has 1 aromatic heterocycles. The largest absolute Gasteiger partial charge is 0.381 e. The van der Waals surface area contributed by atoms with Crippen LogP contribution in [0.5, 0.6) is 0 Å². The number of halogens is 1. The molecule has 1 saturated heterocycles. The zero-order chi connectivity index (χ0) is 12.4. The summed E-state index contributed by atoms with van der Waals surface area (Å²) in [5.41, 5.74) is 0.793. The minimum Gasteiger partial charge on any atom is -0.381 e. The van der Waals surface area contributed by atoms with Crippen LogP contribution in [0.15, 0.2) is 29.6 Å². The number of ether oxygens (including phenoxy) is 1. The molecule has 0 radical (unpaired) electrons. The minimum atomic E-state index is -0.244. The molecule has 1 aliphatic heterocycles. The number of nitrogens with zero attached hydrogens (tertiary/aromatic N) is 2. The fraction of sp³-hybridized carbons (Fsp3) is 0.385. The van der Waals surface area contributed by atoms with Crippen molar-refractivity contribution in [3.05, 3.63) is 30.3 Å². The molecule has 0 unspecified atom stereocenters. The van der Waals surface area contributed by atoms with Crippen LogP contribution in [0.3, 0.4) is 0 Å². The Bertz CT molecular complexity index is 558. The van der Waals surface area contributed by atoms with E-state index in [2.05, 4.69) is 9.97 Å². The molecular weight excluding hydrogens is 251 g/mol. The van der Waals surface area contributed by atoms with E-state index in [0.29, 0.717) is 5.25 Å². The fourth-order valence-electron chi connectivity index (χ4n) is 2.05. The Hall–Kier alpha value is -1.20. The maximum atomic E-state index is 13.3. The van der Waals surface area contributed by atoms with Crippen molar-refractivity contribution < 1.29 is 9.13 Å². The van der Waals surface area contributed by atoms with Gasteiger partial charge in [0.25, 0.3) is 0 Å². The van der Waals surface area contributed by atoms with Gasteiger partial charge in [-0.2, -0.15) is 0 Å². The third-order valence-electron chi connectivity index (χ3n) is 3.01. The normalized spacial score (nSPS) is 17.2. The van der Waals surface area contributed by atoms with Gasteiger partial charge in [-0.1, -0.05) is 0 Å². The van der Waals surface area contributed by atoms with Gasteiger partial charge >= 0.3 is 0 Å². The third-order valence-corrected chi connectivity index (χ3v) is 4.36. The Kier molecular flexibility index (Phi) is 3.43. The van der Waals surface area contributed by atoms with Gasteiger partial charge < -0.3 is 4.74 Å². The molecule has 3 nitrogen and oxygen atoms in total. The Labute approximate surface area is 109 Å². The Morgan fingerprint density at radius 1 is 1.22 bits per heavy atom. The number of hydrogen-bond donors (Lipinski definition) is 0. The van der Waals surface area contributed by atoms with Crippen LogP contribution in [0.4, 0.5) is 4.39 Å². The molecule has 0 aliphatic carbocycles. The molecule has 2 aromatic rings. The van der Waals surface area contributed by atoms with Gasteiger partial charge in [-0.05, 0) is 31.0 Å². The van der Waals surface area contributed by atoms with Gasteiger partial charge in [0.15, 0.2) is 0 Å². The van der Waals surface area contributed by atoms with Crippen molar-refractivity contribution in [2.24, 2.45) is 0 Å². The molecule has 0 saturated carbocycles. The smallest absolute Gasteiger partial charge is 0.124 e. The van der Waals surface area contributed by atoms with E-state index in [1.807, 2.05) is 0 Å². The van der Waals surface area contributed by atoms with Crippen molar-refractivity contribution >= 4 is 22.7 Å². The molecule has 1 aliphatic rings. The van der Waals surface area contributed by atoms with Crippen molar-refractivity contribution in [1.82, 2.24) is 9.97 Å². The SMILES string of the molecule is Fc1ccc2ncnc(SC3CCOCC3)c2c1. The highest BCUT2D eigenvalue weighted by Crippen LogP contribution is 2.32. The number of benzene rings is 1. The van der Waals surface area contributed by atoms with Crippen LogP contribution in [0.1, 0.15) is 12.8 Å². The molecule has 5 heteroatoms. The average molecular weight is 264 g/mol. The lowest BCUT2D eigenvalue weighted by Gasteiger charge is -2.21. The molecule has 1 aromatic carbocycles. The first-order chi connectivity index (χ1) is 8.83. The van der Waals surface area contributed by atoms with E-state index in [0.717, 1.165) is 42.0 Å². The van der Waals surface area contributed by atoms with Gasteiger partial charge in [-0.3, -0.25) is 0 Å². The van der Waals surface area contributed by atoms with Crippen molar-refractivity contribution in [2.45, 2.75) is 23.1 Å². The lowest BCUT2D eigenvalue weighted by Crippen LogP contribution is -2.17. The van der Waals surface area contributed by atoms with E-state index in [1.165, 1.54) is 12.1 Å². The van der Waals surface area contributed by atoms with E-state index >= 15 is 0 Å². The lowest BCUT2D eigenvalue weighted by molar-refractivity contribution is 0.1000. The fourth-order valence-corrected chi connectivity index (χ4v) is 3.19.